The Kier molecular flexibility index (Phi) is 6.54. The zero-order valence-corrected chi connectivity index (χ0v) is 20.6. The third-order valence-corrected chi connectivity index (χ3v) is 7.59. The van der Waals surface area contributed by atoms with E-state index in [2.05, 4.69) is 31.0 Å². The van der Waals surface area contributed by atoms with Gasteiger partial charge in [-0.1, -0.05) is 37.8 Å². The molecular formula is C25H30N4O3Si. The van der Waals surface area contributed by atoms with E-state index in [1.165, 1.54) is 0 Å². The van der Waals surface area contributed by atoms with Gasteiger partial charge in [-0.15, -0.1) is 0 Å². The molecule has 1 amide bonds. The van der Waals surface area contributed by atoms with Crippen molar-refractivity contribution in [1.82, 2.24) is 9.55 Å². The summed E-state index contributed by atoms with van der Waals surface area (Å²) in [5.41, 5.74) is 2.70. The number of fused-ring (bicyclic) bond motifs is 1. The molecule has 1 saturated carbocycles. The molecule has 2 heterocycles. The summed E-state index contributed by atoms with van der Waals surface area (Å²) in [6, 6.07) is 14.9. The predicted octanol–water partition coefficient (Wildman–Crippen LogP) is 5.12. The molecule has 2 aromatic heterocycles. The van der Waals surface area contributed by atoms with Gasteiger partial charge in [-0.3, -0.25) is 4.79 Å². The highest BCUT2D eigenvalue weighted by molar-refractivity contribution is 6.76. The van der Waals surface area contributed by atoms with Crippen LogP contribution in [0.1, 0.15) is 6.42 Å². The maximum atomic E-state index is 12.4. The summed E-state index contributed by atoms with van der Waals surface area (Å²) in [4.78, 5) is 17.2. The number of carbonyl (C=O) groups is 1. The number of anilines is 1. The lowest BCUT2D eigenvalue weighted by Gasteiger charge is -2.15. The summed E-state index contributed by atoms with van der Waals surface area (Å²) < 4.78 is 13.6. The topological polar surface area (TPSA) is 89.2 Å². The van der Waals surface area contributed by atoms with Crippen LogP contribution in [0.2, 0.25) is 25.7 Å². The van der Waals surface area contributed by atoms with E-state index in [9.17, 15) is 4.79 Å². The van der Waals surface area contributed by atoms with Gasteiger partial charge in [0.05, 0.1) is 25.0 Å². The van der Waals surface area contributed by atoms with Crippen molar-refractivity contribution in [2.24, 2.45) is 11.8 Å². The minimum atomic E-state index is -1.19. The fourth-order valence-corrected chi connectivity index (χ4v) is 4.56. The number of ether oxygens (including phenoxy) is 2. The lowest BCUT2D eigenvalue weighted by Crippen LogP contribution is -2.22. The quantitative estimate of drug-likeness (QED) is 0.352. The molecule has 1 aliphatic carbocycles. The minimum Gasteiger partial charge on any atom is -0.496 e. The molecule has 1 fully saturated rings. The largest absolute Gasteiger partial charge is 0.496 e. The molecular weight excluding hydrogens is 432 g/mol. The molecule has 2 unspecified atom stereocenters. The number of nitrogens with zero attached hydrogens (tertiary/aromatic N) is 3. The van der Waals surface area contributed by atoms with E-state index in [0.29, 0.717) is 25.6 Å². The van der Waals surface area contributed by atoms with Gasteiger partial charge in [0.2, 0.25) is 5.91 Å². The fraction of sp³-hybridized carbons (Fsp3) is 0.400. The van der Waals surface area contributed by atoms with Crippen molar-refractivity contribution >= 4 is 30.8 Å². The zero-order chi connectivity index (χ0) is 23.6. The molecule has 0 radical (unpaired) electrons. The van der Waals surface area contributed by atoms with Crippen molar-refractivity contribution in [1.29, 1.82) is 5.26 Å². The average molecular weight is 463 g/mol. The standard InChI is InChI=1S/C25H30N4O3Si/c1-31-22-8-6-5-7-18(22)21-15-29(16-32-11-12-33(2,3)4)24-19(21)9-10-23(27-24)28-25(30)20-13-17(20)14-26/h5-10,15,17,20H,11-13,16H2,1-4H3,(H,27,28,30). The molecule has 0 saturated heterocycles. The van der Waals surface area contributed by atoms with Crippen LogP contribution in [0.4, 0.5) is 5.82 Å². The Morgan fingerprint density at radius 2 is 2.03 bits per heavy atom. The lowest BCUT2D eigenvalue weighted by molar-refractivity contribution is -0.117. The molecule has 172 valence electrons. The van der Waals surface area contributed by atoms with Crippen LogP contribution in [-0.4, -0.2) is 37.2 Å². The Labute approximate surface area is 195 Å². The number of carbonyl (C=O) groups excluding carboxylic acids is 1. The van der Waals surface area contributed by atoms with Gasteiger partial charge < -0.3 is 19.4 Å². The summed E-state index contributed by atoms with van der Waals surface area (Å²) >= 11 is 0. The number of amides is 1. The van der Waals surface area contributed by atoms with E-state index in [0.717, 1.165) is 34.0 Å². The third-order valence-electron chi connectivity index (χ3n) is 5.89. The van der Waals surface area contributed by atoms with Crippen LogP contribution in [0.15, 0.2) is 42.6 Å². The predicted molar refractivity (Wildman–Crippen MR) is 132 cm³/mol. The van der Waals surface area contributed by atoms with Gasteiger partial charge in [0.25, 0.3) is 0 Å². The monoisotopic (exact) mass is 462 g/mol. The van der Waals surface area contributed by atoms with E-state index in [-0.39, 0.29) is 17.7 Å². The maximum absolute atomic E-state index is 12.4. The van der Waals surface area contributed by atoms with Gasteiger partial charge in [0, 0.05) is 37.4 Å². The highest BCUT2D eigenvalue weighted by Crippen LogP contribution is 2.39. The number of rotatable bonds is 9. The first-order chi connectivity index (χ1) is 15.8. The Bertz CT molecular complexity index is 1210. The van der Waals surface area contributed by atoms with E-state index >= 15 is 0 Å². The molecule has 33 heavy (non-hydrogen) atoms. The first kappa shape index (κ1) is 23.0. The highest BCUT2D eigenvalue weighted by Gasteiger charge is 2.43. The summed E-state index contributed by atoms with van der Waals surface area (Å²) in [6.07, 6.45) is 2.64. The first-order valence-corrected chi connectivity index (χ1v) is 14.9. The molecule has 1 N–H and O–H groups in total. The number of hydrogen-bond donors (Lipinski definition) is 1. The maximum Gasteiger partial charge on any atom is 0.230 e. The molecule has 0 bridgehead atoms. The van der Waals surface area contributed by atoms with Gasteiger partial charge in [-0.05, 0) is 30.7 Å². The van der Waals surface area contributed by atoms with E-state index < -0.39 is 8.07 Å². The number of nitriles is 1. The van der Waals surface area contributed by atoms with Crippen molar-refractivity contribution in [3.63, 3.8) is 0 Å². The highest BCUT2D eigenvalue weighted by atomic mass is 28.3. The van der Waals surface area contributed by atoms with Crippen molar-refractivity contribution in [2.45, 2.75) is 38.8 Å². The number of aromatic nitrogens is 2. The van der Waals surface area contributed by atoms with Gasteiger partial charge >= 0.3 is 0 Å². The Hall–Kier alpha value is -3.15. The number of benzene rings is 1. The SMILES string of the molecule is COc1ccccc1-c1cn(COCC[Si](C)(C)C)c2nc(NC(=O)C3CC3C#N)ccc12. The zero-order valence-electron chi connectivity index (χ0n) is 19.6. The molecule has 3 aromatic rings. The van der Waals surface area contributed by atoms with Crippen molar-refractivity contribution in [2.75, 3.05) is 19.0 Å². The summed E-state index contributed by atoms with van der Waals surface area (Å²) in [5.74, 6) is 0.680. The molecule has 0 spiro atoms. The molecule has 1 aliphatic rings. The Morgan fingerprint density at radius 3 is 2.73 bits per heavy atom. The van der Waals surface area contributed by atoms with Crippen molar-refractivity contribution in [3.8, 4) is 22.9 Å². The second kappa shape index (κ2) is 9.38. The normalized spacial score (nSPS) is 17.5. The fourth-order valence-electron chi connectivity index (χ4n) is 3.80. The number of para-hydroxylation sites is 1. The van der Waals surface area contributed by atoms with Crippen LogP contribution in [-0.2, 0) is 16.3 Å². The van der Waals surface area contributed by atoms with Gasteiger partial charge in [-0.2, -0.15) is 5.26 Å². The Morgan fingerprint density at radius 1 is 1.24 bits per heavy atom. The first-order valence-electron chi connectivity index (χ1n) is 11.2. The minimum absolute atomic E-state index is 0.150. The van der Waals surface area contributed by atoms with Gasteiger partial charge in [0.1, 0.15) is 23.9 Å². The molecule has 2 atom stereocenters. The Balaban J connectivity index is 1.65. The number of pyridine rings is 1. The van der Waals surface area contributed by atoms with Crippen molar-refractivity contribution in [3.05, 3.63) is 42.6 Å². The van der Waals surface area contributed by atoms with Crippen LogP contribution in [0.25, 0.3) is 22.2 Å². The number of hydrogen-bond acceptors (Lipinski definition) is 5. The summed E-state index contributed by atoms with van der Waals surface area (Å²) in [6.45, 7) is 8.06. The van der Waals surface area contributed by atoms with E-state index in [4.69, 9.17) is 19.7 Å². The van der Waals surface area contributed by atoms with Crippen LogP contribution >= 0.6 is 0 Å². The lowest BCUT2D eigenvalue weighted by atomic mass is 10.0. The van der Waals surface area contributed by atoms with Crippen molar-refractivity contribution < 1.29 is 14.3 Å². The van der Waals surface area contributed by atoms with Gasteiger partial charge in [0.15, 0.2) is 0 Å². The molecule has 7 nitrogen and oxygen atoms in total. The van der Waals surface area contributed by atoms with Crippen LogP contribution in [0.5, 0.6) is 5.75 Å². The smallest absolute Gasteiger partial charge is 0.230 e. The van der Waals surface area contributed by atoms with Gasteiger partial charge in [-0.25, -0.2) is 4.98 Å². The van der Waals surface area contributed by atoms with Crippen LogP contribution in [0, 0.1) is 23.2 Å². The van der Waals surface area contributed by atoms with E-state index in [1.807, 2.05) is 41.1 Å². The molecule has 4 rings (SSSR count). The molecule has 1 aromatic carbocycles. The summed E-state index contributed by atoms with van der Waals surface area (Å²) in [5, 5.41) is 12.8. The average Bonchev–Trinajstić information content (AvgIpc) is 3.51. The van der Waals surface area contributed by atoms with E-state index in [1.54, 1.807) is 13.2 Å². The third kappa shape index (κ3) is 5.26. The molecule has 8 heteroatoms. The second-order valence-electron chi connectivity index (χ2n) is 9.70. The summed E-state index contributed by atoms with van der Waals surface area (Å²) in [7, 11) is 0.476. The number of methoxy groups -OCH3 is 1. The van der Waals surface area contributed by atoms with Crippen LogP contribution < -0.4 is 10.1 Å². The van der Waals surface area contributed by atoms with Crippen LogP contribution in [0.3, 0.4) is 0 Å². The molecule has 0 aliphatic heterocycles. The second-order valence-corrected chi connectivity index (χ2v) is 15.3. The number of nitrogens with one attached hydrogen (secondary N) is 1.